The number of fused-ring (bicyclic) bond motifs is 8. The number of hydrogen-bond donors (Lipinski definition) is 0. The topological polar surface area (TPSA) is 62.5 Å². The summed E-state index contributed by atoms with van der Waals surface area (Å²) in [6.07, 6.45) is 3.73. The molecular formula is C51H34N4. The molecule has 0 atom stereocenters. The van der Waals surface area contributed by atoms with E-state index in [1.54, 1.807) is 0 Å². The second kappa shape index (κ2) is 12.7. The third-order valence-electron chi connectivity index (χ3n) is 11.1. The van der Waals surface area contributed by atoms with Crippen molar-refractivity contribution in [2.45, 2.75) is 19.3 Å². The fourth-order valence-electron chi connectivity index (χ4n) is 8.49. The maximum Gasteiger partial charge on any atom is 0.160 e. The van der Waals surface area contributed by atoms with Gasteiger partial charge in [0.25, 0.3) is 0 Å². The van der Waals surface area contributed by atoms with E-state index in [9.17, 15) is 5.26 Å². The zero-order valence-corrected chi connectivity index (χ0v) is 30.5. The lowest BCUT2D eigenvalue weighted by atomic mass is 9.78. The summed E-state index contributed by atoms with van der Waals surface area (Å²) in [5.41, 5.74) is 14.4. The highest BCUT2D eigenvalue weighted by Gasteiger charge is 2.38. The van der Waals surface area contributed by atoms with E-state index in [2.05, 4.69) is 134 Å². The molecule has 0 amide bonds. The highest BCUT2D eigenvalue weighted by Crippen LogP contribution is 2.55. The number of nitriles is 1. The van der Waals surface area contributed by atoms with Gasteiger partial charge in [0.1, 0.15) is 0 Å². The predicted molar refractivity (Wildman–Crippen MR) is 224 cm³/mol. The summed E-state index contributed by atoms with van der Waals surface area (Å²) in [6, 6.07) is 57.5. The van der Waals surface area contributed by atoms with Crippen LogP contribution in [0.5, 0.6) is 0 Å². The number of hydrogen-bond acceptors (Lipinski definition) is 4. The average molecular weight is 703 g/mol. The third-order valence-corrected chi connectivity index (χ3v) is 11.1. The summed E-state index contributed by atoms with van der Waals surface area (Å²) in [5.74, 6) is 0.682. The highest BCUT2D eigenvalue weighted by molar-refractivity contribution is 6.18. The first-order valence-corrected chi connectivity index (χ1v) is 18.6. The lowest BCUT2D eigenvalue weighted by Crippen LogP contribution is -2.15. The van der Waals surface area contributed by atoms with Gasteiger partial charge in [-0.1, -0.05) is 123 Å². The van der Waals surface area contributed by atoms with Crippen LogP contribution in [0.15, 0.2) is 170 Å². The zero-order chi connectivity index (χ0) is 37.1. The lowest BCUT2D eigenvalue weighted by molar-refractivity contribution is 0.667. The summed E-state index contributed by atoms with van der Waals surface area (Å²) < 4.78 is 0. The van der Waals surface area contributed by atoms with Gasteiger partial charge < -0.3 is 0 Å². The van der Waals surface area contributed by atoms with Crippen LogP contribution in [0, 0.1) is 11.3 Å². The molecule has 1 aliphatic rings. The van der Waals surface area contributed by atoms with E-state index in [0.717, 1.165) is 55.7 Å². The Bertz CT molecular complexity index is 2940. The quantitative estimate of drug-likeness (QED) is 0.168. The molecule has 0 aliphatic heterocycles. The predicted octanol–water partition coefficient (Wildman–Crippen LogP) is 12.7. The average Bonchev–Trinajstić information content (AvgIpc) is 3.50. The first-order chi connectivity index (χ1) is 27.0. The van der Waals surface area contributed by atoms with Crippen molar-refractivity contribution in [3.63, 3.8) is 0 Å². The van der Waals surface area contributed by atoms with E-state index in [4.69, 9.17) is 9.97 Å². The van der Waals surface area contributed by atoms with Gasteiger partial charge in [-0.25, -0.2) is 9.97 Å². The Balaban J connectivity index is 1.19. The standard InChI is InChI=1S/C51H34N4/c1-51(2)45-28-35(20-22-43(45)48-42-18-10-9-17-40(42)41-21-19-32(30-52)24-44(41)49(48)51)37-25-38(36-16-11-23-53-31-36)27-39(26-37)47-29-46(33-12-5-3-6-13-33)54-50(55-47)34-14-7-4-8-15-34/h3-29,31H,1-2H3. The summed E-state index contributed by atoms with van der Waals surface area (Å²) >= 11 is 0. The molecule has 10 rings (SSSR count). The van der Waals surface area contributed by atoms with E-state index < -0.39 is 0 Å². The van der Waals surface area contributed by atoms with Crippen LogP contribution in [0.25, 0.3) is 88.8 Å². The monoisotopic (exact) mass is 702 g/mol. The number of aromatic nitrogens is 3. The molecule has 55 heavy (non-hydrogen) atoms. The van der Waals surface area contributed by atoms with Gasteiger partial charge in [-0.15, -0.1) is 0 Å². The second-order valence-corrected chi connectivity index (χ2v) is 14.8. The van der Waals surface area contributed by atoms with Gasteiger partial charge in [0.05, 0.1) is 23.0 Å². The number of nitrogens with zero attached hydrogens (tertiary/aromatic N) is 4. The lowest BCUT2D eigenvalue weighted by Gasteiger charge is -2.24. The van der Waals surface area contributed by atoms with Gasteiger partial charge in [-0.3, -0.25) is 4.98 Å². The zero-order valence-electron chi connectivity index (χ0n) is 30.5. The Morgan fingerprint density at radius 3 is 1.85 bits per heavy atom. The van der Waals surface area contributed by atoms with Crippen molar-refractivity contribution in [2.24, 2.45) is 0 Å². The fraction of sp³-hybridized carbons (Fsp3) is 0.0588. The number of rotatable bonds is 5. The summed E-state index contributed by atoms with van der Waals surface area (Å²) in [4.78, 5) is 14.7. The van der Waals surface area contributed by atoms with Crippen molar-refractivity contribution in [1.29, 1.82) is 5.26 Å². The molecule has 258 valence electrons. The molecule has 1 aliphatic carbocycles. The minimum Gasteiger partial charge on any atom is -0.264 e. The van der Waals surface area contributed by atoms with Crippen LogP contribution < -0.4 is 0 Å². The molecule has 0 radical (unpaired) electrons. The minimum atomic E-state index is -0.317. The van der Waals surface area contributed by atoms with Gasteiger partial charge in [-0.2, -0.15) is 5.26 Å². The molecule has 2 aromatic heterocycles. The SMILES string of the molecule is CC1(C)c2cc(-c3cc(-c4cccnc4)cc(-c4cc(-c5ccccc5)nc(-c5ccccc5)n4)c3)ccc2-c2c1c1cc(C#N)ccc1c1ccccc21. The maximum absolute atomic E-state index is 9.92. The van der Waals surface area contributed by atoms with Gasteiger partial charge in [0.15, 0.2) is 5.82 Å². The van der Waals surface area contributed by atoms with Crippen molar-refractivity contribution in [2.75, 3.05) is 0 Å². The van der Waals surface area contributed by atoms with Crippen LogP contribution in [0.2, 0.25) is 0 Å². The van der Waals surface area contributed by atoms with Crippen LogP contribution in [-0.4, -0.2) is 15.0 Å². The minimum absolute atomic E-state index is 0.317. The molecule has 0 saturated carbocycles. The molecule has 4 heteroatoms. The molecule has 0 unspecified atom stereocenters. The Morgan fingerprint density at radius 2 is 1.13 bits per heavy atom. The Morgan fingerprint density at radius 1 is 0.491 bits per heavy atom. The molecule has 0 fully saturated rings. The molecule has 9 aromatic rings. The molecule has 0 bridgehead atoms. The molecule has 4 nitrogen and oxygen atoms in total. The summed E-state index contributed by atoms with van der Waals surface area (Å²) in [5, 5.41) is 14.7. The van der Waals surface area contributed by atoms with Crippen LogP contribution in [-0.2, 0) is 5.41 Å². The van der Waals surface area contributed by atoms with Crippen molar-refractivity contribution in [3.05, 3.63) is 187 Å². The van der Waals surface area contributed by atoms with Crippen LogP contribution >= 0.6 is 0 Å². The third kappa shape index (κ3) is 5.40. The molecule has 7 aromatic carbocycles. The Kier molecular flexibility index (Phi) is 7.50. The van der Waals surface area contributed by atoms with E-state index in [-0.39, 0.29) is 5.41 Å². The first kappa shape index (κ1) is 32.4. The van der Waals surface area contributed by atoms with Crippen LogP contribution in [0.3, 0.4) is 0 Å². The Labute approximate surface area is 320 Å². The normalized spacial score (nSPS) is 12.7. The van der Waals surface area contributed by atoms with E-state index in [0.29, 0.717) is 11.4 Å². The second-order valence-electron chi connectivity index (χ2n) is 14.8. The van der Waals surface area contributed by atoms with Gasteiger partial charge in [0.2, 0.25) is 0 Å². The summed E-state index contributed by atoms with van der Waals surface area (Å²) in [6.45, 7) is 4.65. The smallest absolute Gasteiger partial charge is 0.160 e. The van der Waals surface area contributed by atoms with E-state index >= 15 is 0 Å². The summed E-state index contributed by atoms with van der Waals surface area (Å²) in [7, 11) is 0. The Hall–Kier alpha value is -7.22. The van der Waals surface area contributed by atoms with Crippen molar-refractivity contribution < 1.29 is 0 Å². The van der Waals surface area contributed by atoms with Crippen LogP contribution in [0.1, 0.15) is 30.5 Å². The first-order valence-electron chi connectivity index (χ1n) is 18.6. The number of benzene rings is 7. The van der Waals surface area contributed by atoms with Gasteiger partial charge in [-0.05, 0) is 109 Å². The van der Waals surface area contributed by atoms with Crippen LogP contribution in [0.4, 0.5) is 0 Å². The van der Waals surface area contributed by atoms with Crippen molar-refractivity contribution in [1.82, 2.24) is 15.0 Å². The molecule has 0 spiro atoms. The fourth-order valence-corrected chi connectivity index (χ4v) is 8.49. The highest BCUT2D eigenvalue weighted by atomic mass is 14.9. The molecule has 0 saturated heterocycles. The molecular weight excluding hydrogens is 669 g/mol. The van der Waals surface area contributed by atoms with Crippen molar-refractivity contribution in [3.8, 4) is 73.4 Å². The largest absolute Gasteiger partial charge is 0.264 e. The number of pyridine rings is 1. The van der Waals surface area contributed by atoms with Crippen molar-refractivity contribution >= 4 is 21.5 Å². The van der Waals surface area contributed by atoms with E-state index in [1.807, 2.05) is 60.9 Å². The van der Waals surface area contributed by atoms with Gasteiger partial charge >= 0.3 is 0 Å². The molecule has 2 heterocycles. The van der Waals surface area contributed by atoms with E-state index in [1.165, 1.54) is 38.4 Å². The van der Waals surface area contributed by atoms with Gasteiger partial charge in [0, 0.05) is 40.1 Å². The molecule has 0 N–H and O–H groups in total. The maximum atomic E-state index is 9.92.